The minimum absolute atomic E-state index is 0.495. The minimum atomic E-state index is -0.495. The van der Waals surface area contributed by atoms with Crippen LogP contribution in [0.2, 0.25) is 0 Å². The zero-order valence-corrected chi connectivity index (χ0v) is 17.0. The van der Waals surface area contributed by atoms with E-state index in [0.29, 0.717) is 0 Å². The Morgan fingerprint density at radius 1 is 0.833 bits per heavy atom. The number of hydrogen-bond acceptors (Lipinski definition) is 6. The summed E-state index contributed by atoms with van der Waals surface area (Å²) in [6.45, 7) is 5.84. The van der Waals surface area contributed by atoms with Gasteiger partial charge in [0.25, 0.3) is 0 Å². The third kappa shape index (κ3) is 3.09. The number of hydrogen-bond donors (Lipinski definition) is 1. The lowest BCUT2D eigenvalue weighted by molar-refractivity contribution is 0.535. The molecule has 148 valence electrons. The summed E-state index contributed by atoms with van der Waals surface area (Å²) in [4.78, 5) is 22.9. The van der Waals surface area contributed by atoms with Gasteiger partial charge in [0.05, 0.1) is 40.5 Å². The Bertz CT molecular complexity index is 1360. The number of imidazole rings is 1. The molecular weight excluding hydrogens is 374 g/mol. The van der Waals surface area contributed by atoms with Crippen LogP contribution < -0.4 is 5.73 Å². The summed E-state index contributed by atoms with van der Waals surface area (Å²) in [5, 5.41) is 0. The number of fused-ring (bicyclic) bond motifs is 3. The maximum Gasteiger partial charge on any atom is 0.116 e. The highest BCUT2D eigenvalue weighted by atomic mass is 15.1. The number of nitrogens with two attached hydrogens (primary N) is 1. The summed E-state index contributed by atoms with van der Waals surface area (Å²) >= 11 is 0. The molecule has 0 bridgehead atoms. The fraction of sp³-hybridized carbons (Fsp3) is 0.174. The van der Waals surface area contributed by atoms with E-state index in [1.54, 1.807) is 12.5 Å². The normalized spacial score (nSPS) is 12.0. The summed E-state index contributed by atoms with van der Waals surface area (Å²) in [5.41, 5.74) is 13.4. The van der Waals surface area contributed by atoms with E-state index in [-0.39, 0.29) is 0 Å². The van der Waals surface area contributed by atoms with Crippen molar-refractivity contribution in [3.8, 4) is 16.9 Å². The molecule has 0 aromatic carbocycles. The zero-order chi connectivity index (χ0) is 20.9. The molecule has 30 heavy (non-hydrogen) atoms. The van der Waals surface area contributed by atoms with Crippen molar-refractivity contribution >= 4 is 22.1 Å². The van der Waals surface area contributed by atoms with Crippen molar-refractivity contribution in [1.29, 1.82) is 0 Å². The van der Waals surface area contributed by atoms with Gasteiger partial charge in [0.2, 0.25) is 0 Å². The molecule has 7 heteroatoms. The van der Waals surface area contributed by atoms with Gasteiger partial charge in [-0.1, -0.05) is 0 Å². The molecule has 5 aromatic heterocycles. The van der Waals surface area contributed by atoms with Crippen LogP contribution in [0.25, 0.3) is 39.0 Å². The highest BCUT2D eigenvalue weighted by molar-refractivity contribution is 6.00. The fourth-order valence-electron chi connectivity index (χ4n) is 3.44. The largest absolute Gasteiger partial charge is 0.321 e. The minimum Gasteiger partial charge on any atom is -0.321 e. The molecule has 5 heterocycles. The lowest BCUT2D eigenvalue weighted by Gasteiger charge is -2.18. The van der Waals surface area contributed by atoms with E-state index >= 15 is 0 Å². The van der Waals surface area contributed by atoms with Crippen LogP contribution in [0, 0.1) is 6.92 Å². The van der Waals surface area contributed by atoms with Crippen molar-refractivity contribution in [3.05, 3.63) is 72.7 Å². The van der Waals surface area contributed by atoms with Gasteiger partial charge >= 0.3 is 0 Å². The first-order valence-electron chi connectivity index (χ1n) is 9.72. The highest BCUT2D eigenvalue weighted by Gasteiger charge is 2.17. The first kappa shape index (κ1) is 18.3. The molecule has 7 nitrogen and oxygen atoms in total. The molecule has 0 amide bonds. The van der Waals surface area contributed by atoms with Crippen LogP contribution in [0.5, 0.6) is 0 Å². The van der Waals surface area contributed by atoms with Gasteiger partial charge in [-0.25, -0.2) is 9.97 Å². The van der Waals surface area contributed by atoms with Gasteiger partial charge in [-0.3, -0.25) is 19.5 Å². The van der Waals surface area contributed by atoms with Gasteiger partial charge in [-0.05, 0) is 57.2 Å². The highest BCUT2D eigenvalue weighted by Crippen LogP contribution is 2.27. The fourth-order valence-corrected chi connectivity index (χ4v) is 3.44. The Kier molecular flexibility index (Phi) is 4.08. The van der Waals surface area contributed by atoms with Crippen LogP contribution >= 0.6 is 0 Å². The third-order valence-electron chi connectivity index (χ3n) is 5.11. The molecule has 0 aliphatic rings. The monoisotopic (exact) mass is 395 g/mol. The van der Waals surface area contributed by atoms with Crippen LogP contribution in [-0.2, 0) is 5.54 Å². The molecule has 0 spiro atoms. The van der Waals surface area contributed by atoms with Gasteiger partial charge < -0.3 is 5.73 Å². The van der Waals surface area contributed by atoms with E-state index in [9.17, 15) is 0 Å². The van der Waals surface area contributed by atoms with Crippen molar-refractivity contribution in [2.75, 3.05) is 0 Å². The van der Waals surface area contributed by atoms with E-state index in [4.69, 9.17) is 10.7 Å². The van der Waals surface area contributed by atoms with Crippen LogP contribution in [-0.4, -0.2) is 29.5 Å². The Labute approximate surface area is 173 Å². The molecule has 0 unspecified atom stereocenters. The summed E-state index contributed by atoms with van der Waals surface area (Å²) in [7, 11) is 0. The second kappa shape index (κ2) is 6.67. The number of nitrogens with zero attached hydrogens (tertiary/aromatic N) is 6. The number of aromatic nitrogens is 6. The first-order valence-corrected chi connectivity index (χ1v) is 9.72. The second-order valence-electron chi connectivity index (χ2n) is 7.98. The topological polar surface area (TPSA) is 95.4 Å². The van der Waals surface area contributed by atoms with Crippen LogP contribution in [0.15, 0.2) is 61.3 Å². The number of aryl methyl sites for hydroxylation is 1. The third-order valence-corrected chi connectivity index (χ3v) is 5.11. The van der Waals surface area contributed by atoms with Crippen molar-refractivity contribution < 1.29 is 0 Å². The van der Waals surface area contributed by atoms with E-state index in [1.165, 1.54) is 0 Å². The van der Waals surface area contributed by atoms with E-state index < -0.39 is 5.54 Å². The quantitative estimate of drug-likeness (QED) is 0.497. The van der Waals surface area contributed by atoms with Gasteiger partial charge in [-0.15, -0.1) is 0 Å². The van der Waals surface area contributed by atoms with E-state index in [1.807, 2.05) is 74.1 Å². The molecule has 0 aliphatic heterocycles. The lowest BCUT2D eigenvalue weighted by Crippen LogP contribution is -2.29. The van der Waals surface area contributed by atoms with Gasteiger partial charge in [-0.2, -0.15) is 0 Å². The van der Waals surface area contributed by atoms with Crippen LogP contribution in [0.1, 0.15) is 25.2 Å². The van der Waals surface area contributed by atoms with Crippen LogP contribution in [0.4, 0.5) is 0 Å². The molecule has 0 atom stereocenters. The molecule has 0 fully saturated rings. The average Bonchev–Trinajstić information content (AvgIpc) is 3.18. The van der Waals surface area contributed by atoms with E-state index in [0.717, 1.165) is 50.4 Å². The van der Waals surface area contributed by atoms with Gasteiger partial charge in [0.15, 0.2) is 0 Å². The number of rotatable bonds is 3. The molecule has 0 saturated heterocycles. The van der Waals surface area contributed by atoms with Crippen molar-refractivity contribution in [3.63, 3.8) is 0 Å². The van der Waals surface area contributed by atoms with Gasteiger partial charge in [0, 0.05) is 17.5 Å². The van der Waals surface area contributed by atoms with Crippen molar-refractivity contribution in [2.24, 2.45) is 5.73 Å². The predicted octanol–water partition coefficient (Wildman–Crippen LogP) is 3.93. The molecule has 2 N–H and O–H groups in total. The summed E-state index contributed by atoms with van der Waals surface area (Å²) in [5.74, 6) is 0. The van der Waals surface area contributed by atoms with E-state index in [2.05, 4.69) is 19.9 Å². The SMILES string of the molecule is Cc1ccc(-c2ccc3ncc4ncn(-c5ccc(C(C)(C)N)nc5)c4c3n2)cn1. The molecule has 0 radical (unpaired) electrons. The Morgan fingerprint density at radius 3 is 2.40 bits per heavy atom. The predicted molar refractivity (Wildman–Crippen MR) is 117 cm³/mol. The molecule has 5 rings (SSSR count). The van der Waals surface area contributed by atoms with Crippen molar-refractivity contribution in [2.45, 2.75) is 26.3 Å². The van der Waals surface area contributed by atoms with Crippen LogP contribution in [0.3, 0.4) is 0 Å². The Morgan fingerprint density at radius 2 is 1.70 bits per heavy atom. The lowest BCUT2D eigenvalue weighted by atomic mass is 10.0. The average molecular weight is 395 g/mol. The second-order valence-corrected chi connectivity index (χ2v) is 7.98. The smallest absolute Gasteiger partial charge is 0.116 e. The summed E-state index contributed by atoms with van der Waals surface area (Å²) in [6.07, 6.45) is 7.20. The standard InChI is InChI=1S/C23H21N7/c1-14-4-5-15(10-25-14)17-7-8-18-21(29-17)22-19(12-26-18)28-13-30(22)16-6-9-20(27-11-16)23(2,3)24/h4-13H,24H2,1-3H3. The maximum absolute atomic E-state index is 6.17. The summed E-state index contributed by atoms with van der Waals surface area (Å²) in [6, 6.07) is 11.9. The maximum atomic E-state index is 6.17. The molecular formula is C23H21N7. The van der Waals surface area contributed by atoms with Crippen molar-refractivity contribution in [1.82, 2.24) is 29.5 Å². The van der Waals surface area contributed by atoms with Gasteiger partial charge in [0.1, 0.15) is 22.9 Å². The molecule has 5 aromatic rings. The Balaban J connectivity index is 1.70. The zero-order valence-electron chi connectivity index (χ0n) is 17.0. The number of pyridine rings is 4. The molecule has 0 aliphatic carbocycles. The summed E-state index contributed by atoms with van der Waals surface area (Å²) < 4.78 is 1.99. The first-order chi connectivity index (χ1) is 14.4. The molecule has 0 saturated carbocycles. The Hall–Kier alpha value is -3.71.